The summed E-state index contributed by atoms with van der Waals surface area (Å²) in [7, 11) is 0. The predicted molar refractivity (Wildman–Crippen MR) is 101 cm³/mol. The van der Waals surface area contributed by atoms with Gasteiger partial charge in [-0.3, -0.25) is 9.59 Å². The van der Waals surface area contributed by atoms with E-state index in [9.17, 15) is 9.59 Å². The van der Waals surface area contributed by atoms with Crippen LogP contribution in [0.15, 0.2) is 28.8 Å². The van der Waals surface area contributed by atoms with Crippen LogP contribution in [0.3, 0.4) is 0 Å². The topological polar surface area (TPSA) is 75.4 Å². The van der Waals surface area contributed by atoms with Crippen molar-refractivity contribution in [3.63, 3.8) is 0 Å². The Bertz CT molecular complexity index is 769. The summed E-state index contributed by atoms with van der Waals surface area (Å²) >= 11 is 5.95. The molecule has 0 radical (unpaired) electrons. The summed E-state index contributed by atoms with van der Waals surface area (Å²) in [6, 6.07) is 6.31. The zero-order valence-corrected chi connectivity index (χ0v) is 16.3. The van der Waals surface area contributed by atoms with Gasteiger partial charge >= 0.3 is 0 Å². The van der Waals surface area contributed by atoms with Gasteiger partial charge in [-0.2, -0.15) is 0 Å². The molecular formula is C19H24ClN3O3. The Hall–Kier alpha value is -2.34. The van der Waals surface area contributed by atoms with Gasteiger partial charge in [-0.15, -0.1) is 0 Å². The van der Waals surface area contributed by atoms with Gasteiger partial charge in [0, 0.05) is 22.8 Å². The number of rotatable bonds is 7. The van der Waals surface area contributed by atoms with Gasteiger partial charge in [-0.25, -0.2) is 0 Å². The van der Waals surface area contributed by atoms with Crippen LogP contribution >= 0.6 is 11.6 Å². The van der Waals surface area contributed by atoms with Gasteiger partial charge in [-0.05, 0) is 45.4 Å². The number of nitrogens with one attached hydrogen (secondary N) is 1. The van der Waals surface area contributed by atoms with E-state index in [1.165, 1.54) is 0 Å². The fourth-order valence-electron chi connectivity index (χ4n) is 2.74. The number of hydrogen-bond acceptors (Lipinski definition) is 4. The van der Waals surface area contributed by atoms with E-state index in [0.717, 1.165) is 12.0 Å². The number of hydrogen-bond donors (Lipinski definition) is 1. The van der Waals surface area contributed by atoms with Crippen molar-refractivity contribution < 1.29 is 14.1 Å². The predicted octanol–water partition coefficient (Wildman–Crippen LogP) is 3.75. The van der Waals surface area contributed by atoms with Crippen molar-refractivity contribution in [3.05, 3.63) is 46.3 Å². The fraction of sp³-hybridized carbons (Fsp3) is 0.421. The van der Waals surface area contributed by atoms with Crippen LogP contribution in [-0.4, -0.2) is 34.5 Å². The van der Waals surface area contributed by atoms with Crippen LogP contribution in [0.1, 0.15) is 37.3 Å². The number of anilines is 1. The minimum absolute atomic E-state index is 0.130. The maximum Gasteiger partial charge on any atom is 0.246 e. The standard InChI is InChI=1S/C19H24ClN3O3/c1-5-9-23(18(24)11-17-12(2)22-26-14(17)4)13(3)19(25)21-16-8-6-7-15(20)10-16/h6-8,10,13H,5,9,11H2,1-4H3,(H,21,25). The average molecular weight is 378 g/mol. The van der Waals surface area contributed by atoms with Crippen LogP contribution in [0.2, 0.25) is 5.02 Å². The van der Waals surface area contributed by atoms with Crippen molar-refractivity contribution in [3.8, 4) is 0 Å². The first-order valence-corrected chi connectivity index (χ1v) is 8.99. The van der Waals surface area contributed by atoms with Crippen molar-refractivity contribution >= 4 is 29.1 Å². The molecule has 1 N–H and O–H groups in total. The number of aromatic nitrogens is 1. The Morgan fingerprint density at radius 1 is 1.35 bits per heavy atom. The number of nitrogens with zero attached hydrogens (tertiary/aromatic N) is 2. The largest absolute Gasteiger partial charge is 0.361 e. The van der Waals surface area contributed by atoms with Crippen LogP contribution in [0.4, 0.5) is 5.69 Å². The highest BCUT2D eigenvalue weighted by molar-refractivity contribution is 6.30. The molecule has 1 unspecified atom stereocenters. The molecule has 0 saturated heterocycles. The lowest BCUT2D eigenvalue weighted by Gasteiger charge is -2.28. The molecule has 0 bridgehead atoms. The average Bonchev–Trinajstić information content (AvgIpc) is 2.91. The Morgan fingerprint density at radius 2 is 2.08 bits per heavy atom. The second kappa shape index (κ2) is 8.85. The first kappa shape index (κ1) is 20.0. The van der Waals surface area contributed by atoms with E-state index in [2.05, 4.69) is 10.5 Å². The number of halogens is 1. The van der Waals surface area contributed by atoms with Crippen LogP contribution < -0.4 is 5.32 Å². The third-order valence-electron chi connectivity index (χ3n) is 4.23. The summed E-state index contributed by atoms with van der Waals surface area (Å²) in [4.78, 5) is 27.0. The molecule has 1 heterocycles. The highest BCUT2D eigenvalue weighted by atomic mass is 35.5. The van der Waals surface area contributed by atoms with Gasteiger partial charge in [0.25, 0.3) is 0 Å². The van der Waals surface area contributed by atoms with E-state index in [4.69, 9.17) is 16.1 Å². The highest BCUT2D eigenvalue weighted by Gasteiger charge is 2.27. The van der Waals surface area contributed by atoms with Gasteiger partial charge in [0.05, 0.1) is 12.1 Å². The zero-order chi connectivity index (χ0) is 19.3. The number of carbonyl (C=O) groups excluding carboxylic acids is 2. The number of benzene rings is 1. The third kappa shape index (κ3) is 4.85. The van der Waals surface area contributed by atoms with Crippen LogP contribution in [0, 0.1) is 13.8 Å². The highest BCUT2D eigenvalue weighted by Crippen LogP contribution is 2.18. The van der Waals surface area contributed by atoms with Gasteiger partial charge in [0.1, 0.15) is 11.8 Å². The quantitative estimate of drug-likeness (QED) is 0.797. The lowest BCUT2D eigenvalue weighted by atomic mass is 10.1. The van der Waals surface area contributed by atoms with Crippen LogP contribution in [0.25, 0.3) is 0 Å². The molecule has 2 rings (SSSR count). The maximum absolute atomic E-state index is 12.8. The fourth-order valence-corrected chi connectivity index (χ4v) is 2.93. The summed E-state index contributed by atoms with van der Waals surface area (Å²) in [5.41, 5.74) is 2.07. The van der Waals surface area contributed by atoms with Gasteiger partial charge < -0.3 is 14.7 Å². The monoisotopic (exact) mass is 377 g/mol. The third-order valence-corrected chi connectivity index (χ3v) is 4.47. The number of amides is 2. The van der Waals surface area contributed by atoms with Gasteiger partial charge in [0.15, 0.2) is 0 Å². The minimum atomic E-state index is -0.609. The SMILES string of the molecule is CCCN(C(=O)Cc1c(C)noc1C)C(C)C(=O)Nc1cccc(Cl)c1. The molecule has 7 heteroatoms. The Labute approximate surface area is 158 Å². The summed E-state index contributed by atoms with van der Waals surface area (Å²) in [5.74, 6) is 0.242. The summed E-state index contributed by atoms with van der Waals surface area (Å²) in [6.07, 6.45) is 0.915. The smallest absolute Gasteiger partial charge is 0.246 e. The molecule has 0 fully saturated rings. The Balaban J connectivity index is 2.11. The molecule has 2 amide bonds. The Kier molecular flexibility index (Phi) is 6.80. The van der Waals surface area contributed by atoms with Crippen molar-refractivity contribution in [2.45, 2.75) is 46.6 Å². The Morgan fingerprint density at radius 3 is 2.65 bits per heavy atom. The molecule has 0 aliphatic carbocycles. The normalized spacial score (nSPS) is 11.9. The van der Waals surface area contributed by atoms with E-state index < -0.39 is 6.04 Å². The van der Waals surface area contributed by atoms with Crippen molar-refractivity contribution in [1.29, 1.82) is 0 Å². The lowest BCUT2D eigenvalue weighted by molar-refractivity contribution is -0.137. The second-order valence-corrected chi connectivity index (χ2v) is 6.68. The molecule has 0 saturated carbocycles. The molecule has 1 atom stereocenters. The number of aryl methyl sites for hydroxylation is 2. The van der Waals surface area contributed by atoms with Gasteiger partial charge in [-0.1, -0.05) is 29.7 Å². The van der Waals surface area contributed by atoms with Gasteiger partial charge in [0.2, 0.25) is 11.8 Å². The van der Waals surface area contributed by atoms with E-state index in [0.29, 0.717) is 28.7 Å². The summed E-state index contributed by atoms with van der Waals surface area (Å²) < 4.78 is 5.12. The second-order valence-electron chi connectivity index (χ2n) is 6.24. The van der Waals surface area contributed by atoms with E-state index in [1.807, 2.05) is 6.92 Å². The first-order chi connectivity index (χ1) is 12.3. The zero-order valence-electron chi connectivity index (χ0n) is 15.5. The van der Waals surface area contributed by atoms with Crippen molar-refractivity contribution in [1.82, 2.24) is 10.1 Å². The molecule has 0 spiro atoms. The number of carbonyl (C=O) groups is 2. The van der Waals surface area contributed by atoms with Crippen LogP contribution in [0.5, 0.6) is 0 Å². The molecule has 0 aliphatic heterocycles. The molecule has 26 heavy (non-hydrogen) atoms. The van der Waals surface area contributed by atoms with E-state index >= 15 is 0 Å². The van der Waals surface area contributed by atoms with E-state index in [1.54, 1.807) is 49.9 Å². The molecular weight excluding hydrogens is 354 g/mol. The summed E-state index contributed by atoms with van der Waals surface area (Å²) in [6.45, 7) is 7.77. The van der Waals surface area contributed by atoms with Crippen molar-refractivity contribution in [2.75, 3.05) is 11.9 Å². The summed E-state index contributed by atoms with van der Waals surface area (Å²) in [5, 5.41) is 7.23. The molecule has 2 aromatic rings. The first-order valence-electron chi connectivity index (χ1n) is 8.61. The lowest BCUT2D eigenvalue weighted by Crippen LogP contribution is -2.46. The minimum Gasteiger partial charge on any atom is -0.361 e. The maximum atomic E-state index is 12.8. The molecule has 140 valence electrons. The molecule has 1 aromatic heterocycles. The molecule has 0 aliphatic rings. The molecule has 1 aromatic carbocycles. The molecule has 6 nitrogen and oxygen atoms in total. The van der Waals surface area contributed by atoms with Crippen LogP contribution in [-0.2, 0) is 16.0 Å². The van der Waals surface area contributed by atoms with E-state index in [-0.39, 0.29) is 18.2 Å². The van der Waals surface area contributed by atoms with Crippen molar-refractivity contribution in [2.24, 2.45) is 0 Å².